The predicted octanol–water partition coefficient (Wildman–Crippen LogP) is 1.43. The Hall–Kier alpha value is -1.33. The number of hydrogen-bond donors (Lipinski definition) is 1. The maximum atomic E-state index is 11.1. The van der Waals surface area contributed by atoms with Crippen LogP contribution in [-0.2, 0) is 14.8 Å². The van der Waals surface area contributed by atoms with Gasteiger partial charge >= 0.3 is 0 Å². The van der Waals surface area contributed by atoms with Crippen molar-refractivity contribution in [2.45, 2.75) is 0 Å². The van der Waals surface area contributed by atoms with E-state index in [2.05, 4.69) is 0 Å². The van der Waals surface area contributed by atoms with Gasteiger partial charge in [-0.05, 0) is 23.8 Å². The molecular weight excluding hydrogens is 250 g/mol. The zero-order valence-corrected chi connectivity index (χ0v) is 10.0. The van der Waals surface area contributed by atoms with Gasteiger partial charge in [0, 0.05) is 11.1 Å². The van der Waals surface area contributed by atoms with Crippen molar-refractivity contribution < 1.29 is 13.2 Å². The summed E-state index contributed by atoms with van der Waals surface area (Å²) >= 11 is 5.68. The summed E-state index contributed by atoms with van der Waals surface area (Å²) in [5.41, 5.74) is 0.757. The third kappa shape index (κ3) is 4.95. The summed E-state index contributed by atoms with van der Waals surface area (Å²) in [6.07, 6.45) is 3.56. The van der Waals surface area contributed by atoms with E-state index in [1.165, 1.54) is 6.08 Å². The number of benzene rings is 1. The highest BCUT2D eigenvalue weighted by Crippen LogP contribution is 2.10. The SMILES string of the molecule is CS(=O)(=O)NC(=O)/C=C/c1ccc(Cl)cc1. The number of carbonyl (C=O) groups excluding carboxylic acids is 1. The minimum Gasteiger partial charge on any atom is -0.269 e. The van der Waals surface area contributed by atoms with Crippen molar-refractivity contribution in [3.63, 3.8) is 0 Å². The molecule has 4 nitrogen and oxygen atoms in total. The Morgan fingerprint density at radius 3 is 2.38 bits per heavy atom. The first-order valence-corrected chi connectivity index (χ1v) is 6.59. The molecule has 6 heteroatoms. The molecule has 0 spiro atoms. The van der Waals surface area contributed by atoms with Crippen LogP contribution in [0, 0.1) is 0 Å². The van der Waals surface area contributed by atoms with Gasteiger partial charge in [-0.1, -0.05) is 23.7 Å². The Labute approximate surface area is 99.0 Å². The van der Waals surface area contributed by atoms with Crippen LogP contribution in [0.25, 0.3) is 6.08 Å². The lowest BCUT2D eigenvalue weighted by Gasteiger charge is -1.97. The fourth-order valence-electron chi connectivity index (χ4n) is 0.963. The van der Waals surface area contributed by atoms with Crippen LogP contribution in [0.4, 0.5) is 0 Å². The number of halogens is 1. The lowest BCUT2D eigenvalue weighted by atomic mass is 10.2. The third-order valence-electron chi connectivity index (χ3n) is 1.58. The van der Waals surface area contributed by atoms with E-state index in [1.807, 2.05) is 4.72 Å². The Morgan fingerprint density at radius 2 is 1.88 bits per heavy atom. The largest absolute Gasteiger partial charge is 0.269 e. The molecule has 0 saturated heterocycles. The Kier molecular flexibility index (Phi) is 4.09. The number of hydrogen-bond acceptors (Lipinski definition) is 3. The average Bonchev–Trinajstić information content (AvgIpc) is 2.14. The maximum absolute atomic E-state index is 11.1. The van der Waals surface area contributed by atoms with E-state index in [-0.39, 0.29) is 0 Å². The van der Waals surface area contributed by atoms with Crippen LogP contribution in [-0.4, -0.2) is 20.6 Å². The second-order valence-electron chi connectivity index (χ2n) is 3.12. The zero-order valence-electron chi connectivity index (χ0n) is 8.48. The fourth-order valence-corrected chi connectivity index (χ4v) is 1.52. The quantitative estimate of drug-likeness (QED) is 0.836. The first-order chi connectivity index (χ1) is 7.37. The molecule has 1 rings (SSSR count). The van der Waals surface area contributed by atoms with Gasteiger partial charge in [0.1, 0.15) is 0 Å². The topological polar surface area (TPSA) is 63.2 Å². The van der Waals surface area contributed by atoms with Crippen LogP contribution >= 0.6 is 11.6 Å². The summed E-state index contributed by atoms with van der Waals surface area (Å²) in [6, 6.07) is 6.78. The van der Waals surface area contributed by atoms with Crippen molar-refractivity contribution in [3.05, 3.63) is 40.9 Å². The molecule has 0 aromatic heterocycles. The van der Waals surface area contributed by atoms with Gasteiger partial charge in [0.05, 0.1) is 6.26 Å². The molecule has 1 N–H and O–H groups in total. The van der Waals surface area contributed by atoms with E-state index < -0.39 is 15.9 Å². The second-order valence-corrected chi connectivity index (χ2v) is 5.31. The lowest BCUT2D eigenvalue weighted by Crippen LogP contribution is -2.27. The molecule has 0 unspecified atom stereocenters. The number of amides is 1. The van der Waals surface area contributed by atoms with Crippen LogP contribution in [0.5, 0.6) is 0 Å². The van der Waals surface area contributed by atoms with Crippen LogP contribution in [0.1, 0.15) is 5.56 Å². The van der Waals surface area contributed by atoms with Gasteiger partial charge in [-0.3, -0.25) is 4.79 Å². The highest BCUT2D eigenvalue weighted by atomic mass is 35.5. The van der Waals surface area contributed by atoms with E-state index in [9.17, 15) is 13.2 Å². The monoisotopic (exact) mass is 259 g/mol. The summed E-state index contributed by atoms with van der Waals surface area (Å²) in [4.78, 5) is 11.1. The highest BCUT2D eigenvalue weighted by molar-refractivity contribution is 7.89. The van der Waals surface area contributed by atoms with E-state index in [0.29, 0.717) is 5.02 Å². The average molecular weight is 260 g/mol. The van der Waals surface area contributed by atoms with Gasteiger partial charge in [0.25, 0.3) is 5.91 Å². The number of carbonyl (C=O) groups is 1. The van der Waals surface area contributed by atoms with Crippen molar-refractivity contribution in [1.82, 2.24) is 4.72 Å². The molecule has 86 valence electrons. The van der Waals surface area contributed by atoms with Crippen LogP contribution < -0.4 is 4.72 Å². The zero-order chi connectivity index (χ0) is 12.2. The third-order valence-corrected chi connectivity index (χ3v) is 2.41. The van der Waals surface area contributed by atoms with Gasteiger partial charge in [-0.2, -0.15) is 0 Å². The molecule has 0 bridgehead atoms. The molecule has 0 fully saturated rings. The van der Waals surface area contributed by atoms with E-state index in [1.54, 1.807) is 24.3 Å². The van der Waals surface area contributed by atoms with Gasteiger partial charge in [-0.25, -0.2) is 13.1 Å². The van der Waals surface area contributed by atoms with Crippen molar-refractivity contribution in [1.29, 1.82) is 0 Å². The highest BCUT2D eigenvalue weighted by Gasteiger charge is 2.03. The minimum atomic E-state index is -3.51. The molecule has 0 saturated carbocycles. The van der Waals surface area contributed by atoms with Crippen LogP contribution in [0.15, 0.2) is 30.3 Å². The Morgan fingerprint density at radius 1 is 1.31 bits per heavy atom. The standard InChI is InChI=1S/C10H10ClNO3S/c1-16(14,15)12-10(13)7-4-8-2-5-9(11)6-3-8/h2-7H,1H3,(H,12,13)/b7-4+. The van der Waals surface area contributed by atoms with Gasteiger partial charge < -0.3 is 0 Å². The van der Waals surface area contributed by atoms with Crippen LogP contribution in [0.2, 0.25) is 5.02 Å². The number of nitrogens with one attached hydrogen (secondary N) is 1. The smallest absolute Gasteiger partial charge is 0.257 e. The predicted molar refractivity (Wildman–Crippen MR) is 63.5 cm³/mol. The molecule has 1 aromatic carbocycles. The second kappa shape index (κ2) is 5.14. The summed E-state index contributed by atoms with van der Waals surface area (Å²) in [5, 5.41) is 0.595. The molecule has 0 aliphatic rings. The molecule has 16 heavy (non-hydrogen) atoms. The number of sulfonamides is 1. The molecule has 0 radical (unpaired) electrons. The first kappa shape index (κ1) is 12.7. The lowest BCUT2D eigenvalue weighted by molar-refractivity contribution is -0.114. The van der Waals surface area contributed by atoms with Gasteiger partial charge in [0.2, 0.25) is 10.0 Å². The molecule has 1 aromatic rings. The molecule has 0 aliphatic heterocycles. The fraction of sp³-hybridized carbons (Fsp3) is 0.100. The first-order valence-electron chi connectivity index (χ1n) is 4.32. The maximum Gasteiger partial charge on any atom is 0.257 e. The minimum absolute atomic E-state index is 0.595. The van der Waals surface area contributed by atoms with Crippen molar-refractivity contribution in [3.8, 4) is 0 Å². The van der Waals surface area contributed by atoms with Crippen molar-refractivity contribution in [2.24, 2.45) is 0 Å². The molecule has 0 heterocycles. The van der Waals surface area contributed by atoms with Gasteiger partial charge in [-0.15, -0.1) is 0 Å². The molecule has 0 atom stereocenters. The normalized spacial score (nSPS) is 11.6. The van der Waals surface area contributed by atoms with Crippen molar-refractivity contribution >= 4 is 33.6 Å². The summed E-state index contributed by atoms with van der Waals surface area (Å²) in [5.74, 6) is -0.683. The number of rotatable bonds is 3. The van der Waals surface area contributed by atoms with Crippen molar-refractivity contribution in [2.75, 3.05) is 6.26 Å². The van der Waals surface area contributed by atoms with E-state index in [4.69, 9.17) is 11.6 Å². The Bertz CT molecular complexity index is 505. The summed E-state index contributed by atoms with van der Waals surface area (Å²) < 4.78 is 23.2. The van der Waals surface area contributed by atoms with E-state index >= 15 is 0 Å². The van der Waals surface area contributed by atoms with Gasteiger partial charge in [0.15, 0.2) is 0 Å². The van der Waals surface area contributed by atoms with Crippen LogP contribution in [0.3, 0.4) is 0 Å². The summed E-state index contributed by atoms with van der Waals surface area (Å²) in [7, 11) is -3.51. The molecular formula is C10H10ClNO3S. The molecule has 0 aliphatic carbocycles. The van der Waals surface area contributed by atoms with E-state index in [0.717, 1.165) is 17.9 Å². The Balaban J connectivity index is 2.67. The summed E-state index contributed by atoms with van der Waals surface area (Å²) in [6.45, 7) is 0. The molecule has 1 amide bonds.